The number of hydrogen-bond donors (Lipinski definition) is 0. The van der Waals surface area contributed by atoms with E-state index in [2.05, 4.69) is 95.6 Å². The van der Waals surface area contributed by atoms with Crippen LogP contribution in [0.2, 0.25) is 0 Å². The molecule has 1 fully saturated rings. The molecule has 6 atom stereocenters. The first-order chi connectivity index (χ1) is 8.45. The maximum Gasteiger partial charge on any atom is 0.0418 e. The third-order valence-corrected chi connectivity index (χ3v) is 13.6. The summed E-state index contributed by atoms with van der Waals surface area (Å²) >= 11 is 23.0. The van der Waals surface area contributed by atoms with Crippen LogP contribution in [0.25, 0.3) is 0 Å². The molecule has 1 rings (SSSR count). The number of hydrogen-bond acceptors (Lipinski definition) is 0. The number of rotatable bonds is 0. The molecular formula is C12H18Br6. The van der Waals surface area contributed by atoms with Crippen molar-refractivity contribution in [2.45, 2.75) is 67.5 Å². The van der Waals surface area contributed by atoms with E-state index in [9.17, 15) is 0 Å². The molecule has 1 aliphatic rings. The van der Waals surface area contributed by atoms with E-state index in [-0.39, 0.29) is 0 Å². The van der Waals surface area contributed by atoms with Crippen molar-refractivity contribution in [3.63, 3.8) is 0 Å². The first-order valence-corrected chi connectivity index (χ1v) is 11.8. The van der Waals surface area contributed by atoms with E-state index < -0.39 is 0 Å². The van der Waals surface area contributed by atoms with Crippen molar-refractivity contribution in [3.8, 4) is 0 Å². The Balaban J connectivity index is 2.71. The second kappa shape index (κ2) is 9.81. The Kier molecular flexibility index (Phi) is 10.3. The van der Waals surface area contributed by atoms with Crippen LogP contribution in [0, 0.1) is 0 Å². The van der Waals surface area contributed by atoms with Gasteiger partial charge in [0.05, 0.1) is 0 Å². The molecule has 6 heteroatoms. The lowest BCUT2D eigenvalue weighted by Crippen LogP contribution is -2.39. The molecule has 0 aromatic rings. The predicted molar refractivity (Wildman–Crippen MR) is 104 cm³/mol. The molecule has 0 bridgehead atoms. The molecule has 0 spiro atoms. The fourth-order valence-electron chi connectivity index (χ4n) is 2.10. The highest BCUT2D eigenvalue weighted by Gasteiger charge is 2.35. The highest BCUT2D eigenvalue weighted by molar-refractivity contribution is 9.15. The Bertz CT molecular complexity index is 213. The molecule has 0 N–H and O–H groups in total. The molecule has 0 aromatic heterocycles. The fraction of sp³-hybridized carbons (Fsp3) is 1.00. The lowest BCUT2D eigenvalue weighted by molar-refractivity contribution is 0.549. The van der Waals surface area contributed by atoms with Crippen LogP contribution in [0.5, 0.6) is 0 Å². The summed E-state index contributed by atoms with van der Waals surface area (Å²) in [6, 6.07) is 0. The smallest absolute Gasteiger partial charge is 0.0418 e. The molecule has 0 radical (unpaired) electrons. The largest absolute Gasteiger partial charge is 0.0878 e. The summed E-state index contributed by atoms with van der Waals surface area (Å²) in [6.07, 6.45) is 7.80. The molecule has 0 amide bonds. The van der Waals surface area contributed by atoms with E-state index in [1.54, 1.807) is 0 Å². The summed E-state index contributed by atoms with van der Waals surface area (Å²) in [4.78, 5) is 2.70. The minimum atomic E-state index is 0.394. The van der Waals surface area contributed by atoms with Crippen LogP contribution < -0.4 is 0 Å². The van der Waals surface area contributed by atoms with Crippen molar-refractivity contribution in [2.75, 3.05) is 0 Å². The SMILES string of the molecule is Br[C@H]1[C@H](Br)[C@@H](Br)[C@@H](Br)CCCCCC[C@H](Br)[C@@H]1Br. The van der Waals surface area contributed by atoms with Crippen molar-refractivity contribution < 1.29 is 0 Å². The van der Waals surface area contributed by atoms with Crippen molar-refractivity contribution in [3.05, 3.63) is 0 Å². The Morgan fingerprint density at radius 1 is 0.444 bits per heavy atom. The average molecular weight is 642 g/mol. The second-order valence-electron chi connectivity index (χ2n) is 4.80. The van der Waals surface area contributed by atoms with Gasteiger partial charge in [-0.1, -0.05) is 121 Å². The van der Waals surface area contributed by atoms with Crippen LogP contribution in [0.15, 0.2) is 0 Å². The van der Waals surface area contributed by atoms with Crippen molar-refractivity contribution in [2.24, 2.45) is 0 Å². The topological polar surface area (TPSA) is 0 Å². The van der Waals surface area contributed by atoms with Gasteiger partial charge in [-0.25, -0.2) is 0 Å². The lowest BCUT2D eigenvalue weighted by Gasteiger charge is -2.31. The van der Waals surface area contributed by atoms with Crippen LogP contribution in [0.4, 0.5) is 0 Å². The zero-order chi connectivity index (χ0) is 13.7. The van der Waals surface area contributed by atoms with Gasteiger partial charge in [-0.05, 0) is 12.8 Å². The molecule has 0 nitrogen and oxygen atoms in total. The van der Waals surface area contributed by atoms with Gasteiger partial charge in [0.25, 0.3) is 0 Å². The third kappa shape index (κ3) is 5.94. The van der Waals surface area contributed by atoms with Gasteiger partial charge >= 0.3 is 0 Å². The van der Waals surface area contributed by atoms with Crippen molar-refractivity contribution in [1.82, 2.24) is 0 Å². The van der Waals surface area contributed by atoms with Crippen molar-refractivity contribution in [1.29, 1.82) is 0 Å². The first kappa shape index (κ1) is 18.9. The molecule has 18 heavy (non-hydrogen) atoms. The Morgan fingerprint density at radius 3 is 1.11 bits per heavy atom. The molecule has 1 saturated carbocycles. The first-order valence-electron chi connectivity index (χ1n) is 6.29. The van der Waals surface area contributed by atoms with Crippen molar-refractivity contribution >= 4 is 95.6 Å². The Hall–Kier alpha value is 2.88. The molecular weight excluding hydrogens is 624 g/mol. The molecule has 0 aromatic carbocycles. The summed E-state index contributed by atoms with van der Waals surface area (Å²) in [5, 5.41) is 0. The normalized spacial score (nSPS) is 45.0. The Labute approximate surface area is 161 Å². The highest BCUT2D eigenvalue weighted by atomic mass is 79.9. The fourth-order valence-corrected chi connectivity index (χ4v) is 7.63. The van der Waals surface area contributed by atoms with Crippen LogP contribution in [0.1, 0.15) is 38.5 Å². The Morgan fingerprint density at radius 2 is 0.778 bits per heavy atom. The predicted octanol–water partition coefficient (Wildman–Crippen LogP) is 6.92. The van der Waals surface area contributed by atoms with Gasteiger partial charge in [0.2, 0.25) is 0 Å². The number of halogens is 6. The third-order valence-electron chi connectivity index (χ3n) is 3.31. The summed E-state index contributed by atoms with van der Waals surface area (Å²) in [5.41, 5.74) is 0. The van der Waals surface area contributed by atoms with Gasteiger partial charge in [0.15, 0.2) is 0 Å². The lowest BCUT2D eigenvalue weighted by atomic mass is 10.0. The molecule has 108 valence electrons. The second-order valence-corrected chi connectivity index (χ2v) is 11.4. The van der Waals surface area contributed by atoms with Gasteiger partial charge in [-0.2, -0.15) is 0 Å². The zero-order valence-corrected chi connectivity index (χ0v) is 19.5. The zero-order valence-electron chi connectivity index (χ0n) is 9.97. The highest BCUT2D eigenvalue weighted by Crippen LogP contribution is 2.37. The molecule has 1 aliphatic carbocycles. The molecule has 0 saturated heterocycles. The van der Waals surface area contributed by atoms with Crippen LogP contribution >= 0.6 is 95.6 Å². The minimum Gasteiger partial charge on any atom is -0.0878 e. The maximum absolute atomic E-state index is 3.84. The summed E-state index contributed by atoms with van der Waals surface area (Å²) in [6.45, 7) is 0. The van der Waals surface area contributed by atoms with Gasteiger partial charge in [0.1, 0.15) is 0 Å². The standard InChI is InChI=1S/C12H18Br6/c13-7-5-3-1-2-4-6-8(14)10(16)12(18)11(17)9(7)15/h7-12H,1-6H2/t7-,8-,9-,10-,11+,12+/m0/s1. The van der Waals surface area contributed by atoms with Crippen LogP contribution in [0.3, 0.4) is 0 Å². The summed E-state index contributed by atoms with van der Waals surface area (Å²) in [7, 11) is 0. The summed E-state index contributed by atoms with van der Waals surface area (Å²) in [5.74, 6) is 0. The van der Waals surface area contributed by atoms with E-state index in [1.165, 1.54) is 38.5 Å². The van der Waals surface area contributed by atoms with Gasteiger partial charge in [0, 0.05) is 29.0 Å². The number of alkyl halides is 6. The monoisotopic (exact) mass is 636 g/mol. The molecule has 0 aliphatic heterocycles. The minimum absolute atomic E-state index is 0.394. The van der Waals surface area contributed by atoms with E-state index in [1.807, 2.05) is 0 Å². The van der Waals surface area contributed by atoms with Crippen LogP contribution in [-0.2, 0) is 0 Å². The van der Waals surface area contributed by atoms with E-state index in [0.29, 0.717) is 29.0 Å². The maximum atomic E-state index is 3.84. The van der Waals surface area contributed by atoms with E-state index in [0.717, 1.165) is 0 Å². The summed E-state index contributed by atoms with van der Waals surface area (Å²) < 4.78 is 0. The van der Waals surface area contributed by atoms with Gasteiger partial charge in [-0.15, -0.1) is 0 Å². The quantitative estimate of drug-likeness (QED) is 0.252. The van der Waals surface area contributed by atoms with Gasteiger partial charge in [-0.3, -0.25) is 0 Å². The molecule has 0 heterocycles. The molecule has 0 unspecified atom stereocenters. The van der Waals surface area contributed by atoms with E-state index >= 15 is 0 Å². The van der Waals surface area contributed by atoms with E-state index in [4.69, 9.17) is 0 Å². The van der Waals surface area contributed by atoms with Crippen LogP contribution in [-0.4, -0.2) is 29.0 Å². The average Bonchev–Trinajstić information content (AvgIpc) is 2.37. The van der Waals surface area contributed by atoms with Gasteiger partial charge < -0.3 is 0 Å².